The van der Waals surface area contributed by atoms with Crippen LogP contribution >= 0.6 is 0 Å². The fraction of sp³-hybridized carbons (Fsp3) is 0.333. The first-order chi connectivity index (χ1) is 3.39. The first kappa shape index (κ1) is 4.11. The zero-order valence-corrected chi connectivity index (χ0v) is 3.92. The van der Waals surface area contributed by atoms with E-state index in [0.29, 0.717) is 0 Å². The summed E-state index contributed by atoms with van der Waals surface area (Å²) in [7, 11) is 0. The molecule has 0 unspecified atom stereocenters. The van der Waals surface area contributed by atoms with Gasteiger partial charge in [-0.1, -0.05) is 0 Å². The number of H-pyrrole nitrogens is 1. The highest BCUT2D eigenvalue weighted by Gasteiger charge is 1.87. The molecule has 0 amide bonds. The Labute approximate surface area is 40.6 Å². The van der Waals surface area contributed by atoms with Crippen LogP contribution in [0.2, 0.25) is 0 Å². The largest absolute Gasteiger partial charge is 0.262 e. The number of rotatable bonds is 0. The van der Waals surface area contributed by atoms with Gasteiger partial charge in [0.2, 0.25) is 0 Å². The van der Waals surface area contributed by atoms with E-state index in [-0.39, 0.29) is 0 Å². The zero-order chi connectivity index (χ0) is 5.11. The molecule has 1 aromatic heterocycles. The molecular formula is C3H5N4+. The van der Waals surface area contributed by atoms with Gasteiger partial charge in [-0.2, -0.15) is 0 Å². The molecule has 0 atom stereocenters. The number of aromatic nitrogens is 4. The van der Waals surface area contributed by atoms with Crippen LogP contribution in [-0.4, -0.2) is 15.4 Å². The average molecular weight is 97.1 g/mol. The smallest absolute Gasteiger partial charge is 0.247 e. The number of aromatic amines is 1. The molecular weight excluding hydrogens is 92.1 g/mol. The number of hydrogen-bond acceptors (Lipinski definition) is 3. The fourth-order valence-corrected chi connectivity index (χ4v) is 0.270. The standard InChI is InChI=1S/C3H4N4/c1-3-4-2-5-7-6-3/h2H,1H3/p+1. The van der Waals surface area contributed by atoms with Gasteiger partial charge >= 0.3 is 0 Å². The van der Waals surface area contributed by atoms with Crippen molar-refractivity contribution in [2.75, 3.05) is 0 Å². The molecule has 36 valence electrons. The fourth-order valence-electron chi connectivity index (χ4n) is 0.270. The molecule has 4 nitrogen and oxygen atoms in total. The number of nitrogens with zero attached hydrogens (tertiary/aromatic N) is 3. The van der Waals surface area contributed by atoms with Crippen LogP contribution in [0.3, 0.4) is 0 Å². The van der Waals surface area contributed by atoms with Crippen LogP contribution in [0.1, 0.15) is 5.82 Å². The Morgan fingerprint density at radius 3 is 2.86 bits per heavy atom. The summed E-state index contributed by atoms with van der Waals surface area (Å²) in [4.78, 5) is 2.75. The monoisotopic (exact) mass is 97.1 g/mol. The van der Waals surface area contributed by atoms with Crippen molar-refractivity contribution in [2.24, 2.45) is 0 Å². The highest BCUT2D eigenvalue weighted by Crippen LogP contribution is 1.62. The molecule has 0 saturated heterocycles. The van der Waals surface area contributed by atoms with E-state index in [1.165, 1.54) is 6.33 Å². The molecule has 0 fully saturated rings. The van der Waals surface area contributed by atoms with Gasteiger partial charge in [-0.05, 0) is 0 Å². The second kappa shape index (κ2) is 1.59. The summed E-state index contributed by atoms with van der Waals surface area (Å²) >= 11 is 0. The minimum Gasteiger partial charge on any atom is -0.247 e. The normalized spacial score (nSPS) is 8.71. The van der Waals surface area contributed by atoms with Crippen LogP contribution in [0.15, 0.2) is 6.33 Å². The lowest BCUT2D eigenvalue weighted by Crippen LogP contribution is -2.11. The van der Waals surface area contributed by atoms with Crippen molar-refractivity contribution >= 4 is 0 Å². The Morgan fingerprint density at radius 1 is 1.71 bits per heavy atom. The van der Waals surface area contributed by atoms with E-state index >= 15 is 0 Å². The lowest BCUT2D eigenvalue weighted by atomic mass is 10.7. The van der Waals surface area contributed by atoms with Crippen molar-refractivity contribution in [1.82, 2.24) is 15.4 Å². The van der Waals surface area contributed by atoms with Gasteiger partial charge < -0.3 is 0 Å². The predicted octanol–water partition coefficient (Wildman–Crippen LogP) is -1.01. The van der Waals surface area contributed by atoms with Crippen LogP contribution in [0.25, 0.3) is 0 Å². The molecule has 0 aromatic carbocycles. The molecule has 0 radical (unpaired) electrons. The molecule has 1 aromatic rings. The molecule has 1 N–H and O–H groups in total. The highest BCUT2D eigenvalue weighted by molar-refractivity contribution is 4.53. The van der Waals surface area contributed by atoms with E-state index in [1.54, 1.807) is 0 Å². The lowest BCUT2D eigenvalue weighted by Gasteiger charge is -1.69. The van der Waals surface area contributed by atoms with Crippen molar-refractivity contribution in [3.05, 3.63) is 12.2 Å². The summed E-state index contributed by atoms with van der Waals surface area (Å²) in [6.45, 7) is 1.81. The van der Waals surface area contributed by atoms with E-state index < -0.39 is 0 Å². The molecule has 0 bridgehead atoms. The van der Waals surface area contributed by atoms with Crippen LogP contribution in [0.5, 0.6) is 0 Å². The Bertz CT molecular complexity index is 137. The minimum absolute atomic E-state index is 0.773. The summed E-state index contributed by atoms with van der Waals surface area (Å²) in [5.41, 5.74) is 0. The van der Waals surface area contributed by atoms with E-state index in [4.69, 9.17) is 0 Å². The number of aryl methyl sites for hydroxylation is 1. The highest BCUT2D eigenvalue weighted by atomic mass is 15.3. The second-order valence-corrected chi connectivity index (χ2v) is 1.16. The molecule has 1 rings (SSSR count). The van der Waals surface area contributed by atoms with Gasteiger partial charge in [0.15, 0.2) is 0 Å². The van der Waals surface area contributed by atoms with Crippen molar-refractivity contribution in [3.8, 4) is 0 Å². The molecule has 0 aliphatic carbocycles. The van der Waals surface area contributed by atoms with Gasteiger partial charge in [0.05, 0.1) is 0 Å². The maximum atomic E-state index is 3.56. The quantitative estimate of drug-likeness (QED) is 0.417. The summed E-state index contributed by atoms with van der Waals surface area (Å²) in [6, 6.07) is 0. The van der Waals surface area contributed by atoms with Crippen LogP contribution < -0.4 is 4.98 Å². The van der Waals surface area contributed by atoms with Crippen LogP contribution in [0, 0.1) is 6.92 Å². The zero-order valence-electron chi connectivity index (χ0n) is 3.92. The lowest BCUT2D eigenvalue weighted by molar-refractivity contribution is -0.400. The van der Waals surface area contributed by atoms with E-state index in [2.05, 4.69) is 20.4 Å². The Kier molecular flexibility index (Phi) is 0.934. The molecule has 4 heteroatoms. The van der Waals surface area contributed by atoms with Gasteiger partial charge in [0.1, 0.15) is 5.21 Å². The van der Waals surface area contributed by atoms with Crippen LogP contribution in [0.4, 0.5) is 0 Å². The van der Waals surface area contributed by atoms with Gasteiger partial charge in [-0.3, -0.25) is 0 Å². The SMILES string of the molecule is Cc1nnnc[nH+]1. The third kappa shape index (κ3) is 0.887. The minimum atomic E-state index is 0.773. The van der Waals surface area contributed by atoms with Crippen molar-refractivity contribution in [1.29, 1.82) is 0 Å². The Balaban J connectivity index is 3.02. The van der Waals surface area contributed by atoms with Crippen molar-refractivity contribution < 1.29 is 4.98 Å². The van der Waals surface area contributed by atoms with E-state index in [9.17, 15) is 0 Å². The molecule has 0 aliphatic heterocycles. The summed E-state index contributed by atoms with van der Waals surface area (Å²) in [5, 5.41) is 10.3. The third-order valence-electron chi connectivity index (χ3n) is 0.578. The Morgan fingerprint density at radius 2 is 2.57 bits per heavy atom. The van der Waals surface area contributed by atoms with Gasteiger partial charge in [0, 0.05) is 17.1 Å². The van der Waals surface area contributed by atoms with Crippen molar-refractivity contribution in [3.63, 3.8) is 0 Å². The summed E-state index contributed by atoms with van der Waals surface area (Å²) < 4.78 is 0. The predicted molar refractivity (Wildman–Crippen MR) is 21.1 cm³/mol. The molecule has 0 aliphatic rings. The molecule has 0 saturated carbocycles. The molecule has 0 spiro atoms. The topological polar surface area (TPSA) is 52.8 Å². The van der Waals surface area contributed by atoms with E-state index in [1.807, 2.05) is 6.92 Å². The van der Waals surface area contributed by atoms with Crippen LogP contribution in [-0.2, 0) is 0 Å². The van der Waals surface area contributed by atoms with Gasteiger partial charge in [-0.25, -0.2) is 4.98 Å². The van der Waals surface area contributed by atoms with E-state index in [0.717, 1.165) is 5.82 Å². The first-order valence-corrected chi connectivity index (χ1v) is 1.92. The van der Waals surface area contributed by atoms with Gasteiger partial charge in [-0.15, -0.1) is 0 Å². The maximum Gasteiger partial charge on any atom is 0.262 e. The maximum absolute atomic E-state index is 3.56. The summed E-state index contributed by atoms with van der Waals surface area (Å²) in [6.07, 6.45) is 1.49. The average Bonchev–Trinajstić information content (AvgIpc) is 1.69. The summed E-state index contributed by atoms with van der Waals surface area (Å²) in [5.74, 6) is 0.773. The Hall–Kier alpha value is -1.06. The molecule has 7 heavy (non-hydrogen) atoms. The second-order valence-electron chi connectivity index (χ2n) is 1.16. The number of hydrogen-bond donors (Lipinski definition) is 0. The number of nitrogens with one attached hydrogen (secondary N) is 1. The molecule has 1 heterocycles. The van der Waals surface area contributed by atoms with Gasteiger partial charge in [0.25, 0.3) is 12.2 Å². The first-order valence-electron chi connectivity index (χ1n) is 1.92. The van der Waals surface area contributed by atoms with Crippen molar-refractivity contribution in [2.45, 2.75) is 6.92 Å². The third-order valence-corrected chi connectivity index (χ3v) is 0.578.